The topological polar surface area (TPSA) is 42.2 Å². The largest absolute Gasteiger partial charge is 0.440 e. The van der Waals surface area contributed by atoms with Gasteiger partial charge < -0.3 is 4.42 Å². The number of hydrogen-bond donors (Lipinski definition) is 1. The molecule has 1 aromatic carbocycles. The Hall–Kier alpha value is -2.21. The fraction of sp³-hybridized carbons (Fsp3) is 0.214. The number of para-hydroxylation sites is 1. The van der Waals surface area contributed by atoms with E-state index in [9.17, 15) is 4.79 Å². The zero-order valence-electron chi connectivity index (χ0n) is 9.19. The summed E-state index contributed by atoms with van der Waals surface area (Å²) >= 11 is 0. The number of fused-ring (bicyclic) bond motifs is 1. The van der Waals surface area contributed by atoms with E-state index in [-0.39, 0.29) is 5.91 Å². The summed E-state index contributed by atoms with van der Waals surface area (Å²) in [5, 5.41) is 3.70. The molecule has 2 aromatic rings. The van der Waals surface area contributed by atoms with Gasteiger partial charge in [-0.15, -0.1) is 6.42 Å². The first kappa shape index (κ1) is 9.98. The Morgan fingerprint density at radius 1 is 1.41 bits per heavy atom. The lowest BCUT2D eigenvalue weighted by atomic mass is 10.1. The van der Waals surface area contributed by atoms with Gasteiger partial charge in [-0.05, 0) is 18.9 Å². The molecule has 0 spiro atoms. The molecule has 1 amide bonds. The van der Waals surface area contributed by atoms with Gasteiger partial charge in [-0.25, -0.2) is 0 Å². The Morgan fingerprint density at radius 3 is 2.82 bits per heavy atom. The van der Waals surface area contributed by atoms with Crippen LogP contribution in [0, 0.1) is 17.8 Å². The van der Waals surface area contributed by atoms with Gasteiger partial charge in [0.2, 0.25) is 11.8 Å². The second-order valence-corrected chi connectivity index (χ2v) is 4.33. The molecule has 1 saturated carbocycles. The normalized spacial score (nSPS) is 16.4. The molecule has 1 aliphatic carbocycles. The molecule has 1 heterocycles. The van der Waals surface area contributed by atoms with Crippen molar-refractivity contribution in [2.24, 2.45) is 5.41 Å². The summed E-state index contributed by atoms with van der Waals surface area (Å²) in [7, 11) is 0. The fourth-order valence-corrected chi connectivity index (χ4v) is 1.84. The lowest BCUT2D eigenvalue weighted by molar-refractivity contribution is -0.119. The van der Waals surface area contributed by atoms with Crippen molar-refractivity contribution in [2.45, 2.75) is 12.8 Å². The van der Waals surface area contributed by atoms with Crippen molar-refractivity contribution in [1.29, 1.82) is 0 Å². The minimum atomic E-state index is -0.598. The Labute approximate surface area is 98.8 Å². The van der Waals surface area contributed by atoms with Crippen LogP contribution in [0.25, 0.3) is 11.0 Å². The predicted molar refractivity (Wildman–Crippen MR) is 65.3 cm³/mol. The van der Waals surface area contributed by atoms with E-state index in [0.29, 0.717) is 5.88 Å². The highest BCUT2D eigenvalue weighted by Crippen LogP contribution is 2.45. The van der Waals surface area contributed by atoms with E-state index in [0.717, 1.165) is 23.8 Å². The van der Waals surface area contributed by atoms with Crippen molar-refractivity contribution in [1.82, 2.24) is 0 Å². The smallest absolute Gasteiger partial charge is 0.244 e. The highest BCUT2D eigenvalue weighted by atomic mass is 16.4. The van der Waals surface area contributed by atoms with E-state index >= 15 is 0 Å². The third kappa shape index (κ3) is 1.58. The first-order valence-electron chi connectivity index (χ1n) is 5.51. The zero-order chi connectivity index (χ0) is 11.9. The van der Waals surface area contributed by atoms with Crippen LogP contribution in [0.3, 0.4) is 0 Å². The number of benzene rings is 1. The predicted octanol–water partition coefficient (Wildman–Crippen LogP) is 2.78. The molecule has 1 fully saturated rings. The number of amides is 1. The molecule has 0 aliphatic heterocycles. The summed E-state index contributed by atoms with van der Waals surface area (Å²) in [5.41, 5.74) is 0.159. The molecule has 1 aromatic heterocycles. The SMILES string of the molecule is C#CC1(C(=O)Nc2cc3ccccc3o2)CC1. The second kappa shape index (κ2) is 3.39. The maximum atomic E-state index is 11.9. The maximum absolute atomic E-state index is 11.9. The summed E-state index contributed by atoms with van der Waals surface area (Å²) in [6.45, 7) is 0. The second-order valence-electron chi connectivity index (χ2n) is 4.33. The molecule has 0 radical (unpaired) electrons. The number of carbonyl (C=O) groups excluding carboxylic acids is 1. The minimum Gasteiger partial charge on any atom is -0.440 e. The molecule has 0 atom stereocenters. The monoisotopic (exact) mass is 225 g/mol. The van der Waals surface area contributed by atoms with Crippen LogP contribution in [0.5, 0.6) is 0 Å². The summed E-state index contributed by atoms with van der Waals surface area (Å²) in [6.07, 6.45) is 6.88. The average molecular weight is 225 g/mol. The molecule has 3 heteroatoms. The van der Waals surface area contributed by atoms with Crippen LogP contribution in [-0.2, 0) is 4.79 Å². The van der Waals surface area contributed by atoms with Gasteiger partial charge >= 0.3 is 0 Å². The van der Waals surface area contributed by atoms with Crippen LogP contribution in [0.1, 0.15) is 12.8 Å². The number of terminal acetylenes is 1. The van der Waals surface area contributed by atoms with Gasteiger partial charge in [0.25, 0.3) is 0 Å². The molecule has 0 unspecified atom stereocenters. The Morgan fingerprint density at radius 2 is 2.18 bits per heavy atom. The quantitative estimate of drug-likeness (QED) is 0.798. The third-order valence-electron chi connectivity index (χ3n) is 3.12. The lowest BCUT2D eigenvalue weighted by Crippen LogP contribution is -2.22. The van der Waals surface area contributed by atoms with Crippen LogP contribution >= 0.6 is 0 Å². The van der Waals surface area contributed by atoms with E-state index in [1.165, 1.54) is 0 Å². The van der Waals surface area contributed by atoms with Gasteiger partial charge in [0.15, 0.2) is 0 Å². The third-order valence-corrected chi connectivity index (χ3v) is 3.12. The van der Waals surface area contributed by atoms with Crippen molar-refractivity contribution in [3.8, 4) is 12.3 Å². The van der Waals surface area contributed by atoms with E-state index in [1.807, 2.05) is 24.3 Å². The first-order valence-corrected chi connectivity index (χ1v) is 5.51. The number of carbonyl (C=O) groups is 1. The molecule has 84 valence electrons. The standard InChI is InChI=1S/C14H11NO2/c1-2-14(7-8-14)13(16)15-12-9-10-5-3-4-6-11(10)17-12/h1,3-6,9H,7-8H2,(H,15,16). The first-order chi connectivity index (χ1) is 8.23. The van der Waals surface area contributed by atoms with Crippen LogP contribution in [0.2, 0.25) is 0 Å². The molecule has 3 rings (SSSR count). The van der Waals surface area contributed by atoms with Gasteiger partial charge in [-0.1, -0.05) is 24.1 Å². The fourth-order valence-electron chi connectivity index (χ4n) is 1.84. The van der Waals surface area contributed by atoms with Gasteiger partial charge in [0.05, 0.1) is 0 Å². The van der Waals surface area contributed by atoms with Crippen molar-refractivity contribution in [3.63, 3.8) is 0 Å². The summed E-state index contributed by atoms with van der Waals surface area (Å²) < 4.78 is 5.51. The van der Waals surface area contributed by atoms with Gasteiger partial charge in [-0.2, -0.15) is 0 Å². The molecule has 0 saturated heterocycles. The zero-order valence-corrected chi connectivity index (χ0v) is 9.19. The number of anilines is 1. The van der Waals surface area contributed by atoms with Crippen LogP contribution < -0.4 is 5.32 Å². The molecule has 0 bridgehead atoms. The van der Waals surface area contributed by atoms with E-state index in [2.05, 4.69) is 11.2 Å². The van der Waals surface area contributed by atoms with Crippen molar-refractivity contribution in [2.75, 3.05) is 5.32 Å². The Balaban J connectivity index is 1.86. The lowest BCUT2D eigenvalue weighted by Gasteiger charge is -2.05. The van der Waals surface area contributed by atoms with Gasteiger partial charge in [0, 0.05) is 11.5 Å². The Kier molecular flexibility index (Phi) is 1.99. The van der Waals surface area contributed by atoms with Crippen LogP contribution in [0.4, 0.5) is 5.88 Å². The molecular formula is C14H11NO2. The van der Waals surface area contributed by atoms with Gasteiger partial charge in [0.1, 0.15) is 11.0 Å². The average Bonchev–Trinajstić information content (AvgIpc) is 3.04. The maximum Gasteiger partial charge on any atom is 0.244 e. The molecule has 1 aliphatic rings. The molecule has 1 N–H and O–H groups in total. The number of nitrogens with one attached hydrogen (secondary N) is 1. The summed E-state index contributed by atoms with van der Waals surface area (Å²) in [4.78, 5) is 11.9. The van der Waals surface area contributed by atoms with Gasteiger partial charge in [-0.3, -0.25) is 10.1 Å². The van der Waals surface area contributed by atoms with E-state index in [1.54, 1.807) is 6.07 Å². The van der Waals surface area contributed by atoms with E-state index < -0.39 is 5.41 Å². The number of hydrogen-bond acceptors (Lipinski definition) is 2. The van der Waals surface area contributed by atoms with Crippen LogP contribution in [0.15, 0.2) is 34.7 Å². The Bertz CT molecular complexity index is 596. The van der Waals surface area contributed by atoms with Crippen molar-refractivity contribution in [3.05, 3.63) is 30.3 Å². The number of rotatable bonds is 2. The number of furan rings is 1. The molecular weight excluding hydrogens is 214 g/mol. The van der Waals surface area contributed by atoms with E-state index in [4.69, 9.17) is 10.8 Å². The summed E-state index contributed by atoms with van der Waals surface area (Å²) in [6, 6.07) is 9.41. The highest BCUT2D eigenvalue weighted by Gasteiger charge is 2.48. The molecule has 17 heavy (non-hydrogen) atoms. The highest BCUT2D eigenvalue weighted by molar-refractivity contribution is 5.99. The summed E-state index contributed by atoms with van der Waals surface area (Å²) in [5.74, 6) is 2.87. The minimum absolute atomic E-state index is 0.140. The van der Waals surface area contributed by atoms with Crippen molar-refractivity contribution < 1.29 is 9.21 Å². The molecule has 3 nitrogen and oxygen atoms in total. The van der Waals surface area contributed by atoms with Crippen molar-refractivity contribution >= 4 is 22.8 Å². The van der Waals surface area contributed by atoms with Crippen LogP contribution in [-0.4, -0.2) is 5.91 Å².